The Morgan fingerprint density at radius 2 is 1.83 bits per heavy atom. The van der Waals surface area contributed by atoms with Crippen LogP contribution in [0.3, 0.4) is 0 Å². The Kier molecular flexibility index (Phi) is 5.18. The third-order valence-corrected chi connectivity index (χ3v) is 5.14. The van der Waals surface area contributed by atoms with Crippen LogP contribution >= 0.6 is 0 Å². The average Bonchev–Trinajstić information content (AvgIpc) is 2.96. The highest BCUT2D eigenvalue weighted by Crippen LogP contribution is 2.26. The number of carbonyl (C=O) groups is 2. The lowest BCUT2D eigenvalue weighted by Gasteiger charge is -2.37. The number of hydrogen-bond donors (Lipinski definition) is 1. The van der Waals surface area contributed by atoms with Crippen molar-refractivity contribution < 1.29 is 14.7 Å². The second-order valence-electron chi connectivity index (χ2n) is 6.92. The Bertz CT molecular complexity index is 599. The molecule has 7 heteroatoms. The summed E-state index contributed by atoms with van der Waals surface area (Å²) in [5.74, 6) is -0.444. The fourth-order valence-electron chi connectivity index (χ4n) is 3.81. The summed E-state index contributed by atoms with van der Waals surface area (Å²) in [6, 6.07) is 0. The highest BCUT2D eigenvalue weighted by Gasteiger charge is 2.29. The van der Waals surface area contributed by atoms with Crippen molar-refractivity contribution in [2.24, 2.45) is 13.0 Å². The number of amides is 1. The van der Waals surface area contributed by atoms with Gasteiger partial charge in [0, 0.05) is 57.4 Å². The SMILES string of the molecule is Cn1cc(CN2CCN(C(=O)C3CCCCC3)CC2)c(C(=O)O)n1. The molecule has 24 heavy (non-hydrogen) atoms. The van der Waals surface area contributed by atoms with Gasteiger partial charge in [-0.3, -0.25) is 14.4 Å². The molecule has 0 atom stereocenters. The molecule has 2 aliphatic rings. The van der Waals surface area contributed by atoms with Crippen molar-refractivity contribution in [1.29, 1.82) is 0 Å². The zero-order chi connectivity index (χ0) is 17.1. The number of rotatable bonds is 4. The Morgan fingerprint density at radius 1 is 1.17 bits per heavy atom. The minimum Gasteiger partial charge on any atom is -0.476 e. The van der Waals surface area contributed by atoms with E-state index in [4.69, 9.17) is 0 Å². The summed E-state index contributed by atoms with van der Waals surface area (Å²) >= 11 is 0. The molecule has 1 aliphatic heterocycles. The molecule has 7 nitrogen and oxygen atoms in total. The van der Waals surface area contributed by atoms with E-state index in [9.17, 15) is 14.7 Å². The van der Waals surface area contributed by atoms with Crippen LogP contribution in [0.4, 0.5) is 0 Å². The van der Waals surface area contributed by atoms with Crippen LogP contribution in [-0.4, -0.2) is 62.7 Å². The topological polar surface area (TPSA) is 78.7 Å². The van der Waals surface area contributed by atoms with Gasteiger partial charge >= 0.3 is 5.97 Å². The van der Waals surface area contributed by atoms with E-state index in [1.54, 1.807) is 17.9 Å². The number of piperazine rings is 1. The van der Waals surface area contributed by atoms with Gasteiger partial charge in [0.1, 0.15) is 0 Å². The van der Waals surface area contributed by atoms with E-state index in [0.717, 1.165) is 44.6 Å². The standard InChI is InChI=1S/C17H26N4O3/c1-19-11-14(15(18-19)17(23)24)12-20-7-9-21(10-8-20)16(22)13-5-3-2-4-6-13/h11,13H,2-10,12H2,1H3,(H,23,24). The molecule has 1 aromatic heterocycles. The van der Waals surface area contributed by atoms with Crippen molar-refractivity contribution in [3.05, 3.63) is 17.5 Å². The molecule has 1 saturated carbocycles. The van der Waals surface area contributed by atoms with E-state index in [-0.39, 0.29) is 11.6 Å². The molecular weight excluding hydrogens is 308 g/mol. The molecule has 0 spiro atoms. The minimum absolute atomic E-state index is 0.123. The van der Waals surface area contributed by atoms with Crippen LogP contribution in [0.2, 0.25) is 0 Å². The summed E-state index contributed by atoms with van der Waals surface area (Å²) < 4.78 is 1.54. The molecule has 0 unspecified atom stereocenters. The van der Waals surface area contributed by atoms with Crippen LogP contribution in [0.1, 0.15) is 48.2 Å². The monoisotopic (exact) mass is 334 g/mol. The first-order chi connectivity index (χ1) is 11.5. The van der Waals surface area contributed by atoms with Crippen LogP contribution in [0.25, 0.3) is 0 Å². The molecule has 1 aliphatic carbocycles. The summed E-state index contributed by atoms with van der Waals surface area (Å²) in [6.07, 6.45) is 7.45. The number of aromatic carboxylic acids is 1. The van der Waals surface area contributed by atoms with Gasteiger partial charge in [-0.1, -0.05) is 19.3 Å². The van der Waals surface area contributed by atoms with Gasteiger partial charge in [-0.05, 0) is 12.8 Å². The molecule has 0 bridgehead atoms. The lowest BCUT2D eigenvalue weighted by molar-refractivity contribution is -0.138. The quantitative estimate of drug-likeness (QED) is 0.899. The number of nitrogens with zero attached hydrogens (tertiary/aromatic N) is 4. The van der Waals surface area contributed by atoms with E-state index in [1.165, 1.54) is 19.3 Å². The number of carboxylic acids is 1. The summed E-state index contributed by atoms with van der Waals surface area (Å²) in [7, 11) is 1.73. The largest absolute Gasteiger partial charge is 0.476 e. The highest BCUT2D eigenvalue weighted by molar-refractivity contribution is 5.86. The van der Waals surface area contributed by atoms with Crippen molar-refractivity contribution in [2.75, 3.05) is 26.2 Å². The maximum atomic E-state index is 12.6. The predicted octanol–water partition coefficient (Wildman–Crippen LogP) is 1.34. The van der Waals surface area contributed by atoms with Crippen LogP contribution < -0.4 is 0 Å². The van der Waals surface area contributed by atoms with Crippen molar-refractivity contribution in [2.45, 2.75) is 38.6 Å². The van der Waals surface area contributed by atoms with E-state index >= 15 is 0 Å². The summed E-state index contributed by atoms with van der Waals surface area (Å²) in [5, 5.41) is 13.2. The van der Waals surface area contributed by atoms with E-state index in [2.05, 4.69) is 10.00 Å². The predicted molar refractivity (Wildman–Crippen MR) is 88.6 cm³/mol. The zero-order valence-corrected chi connectivity index (χ0v) is 14.3. The van der Waals surface area contributed by atoms with Gasteiger partial charge < -0.3 is 10.0 Å². The second kappa shape index (κ2) is 7.34. The van der Waals surface area contributed by atoms with Gasteiger partial charge in [0.2, 0.25) is 5.91 Å². The Morgan fingerprint density at radius 3 is 2.46 bits per heavy atom. The average molecular weight is 334 g/mol. The van der Waals surface area contributed by atoms with Gasteiger partial charge in [0.25, 0.3) is 0 Å². The summed E-state index contributed by atoms with van der Waals surface area (Å²) in [4.78, 5) is 28.0. The maximum absolute atomic E-state index is 12.6. The van der Waals surface area contributed by atoms with Crippen molar-refractivity contribution in [3.63, 3.8) is 0 Å². The van der Waals surface area contributed by atoms with Gasteiger partial charge in [0.05, 0.1) is 0 Å². The van der Waals surface area contributed by atoms with E-state index in [0.29, 0.717) is 12.5 Å². The normalized spacial score (nSPS) is 20.3. The van der Waals surface area contributed by atoms with Crippen LogP contribution in [0, 0.1) is 5.92 Å². The summed E-state index contributed by atoms with van der Waals surface area (Å²) in [6.45, 7) is 3.61. The number of aryl methyl sites for hydroxylation is 1. The fraction of sp³-hybridized carbons (Fsp3) is 0.706. The number of carboxylic acid groups (broad SMARTS) is 1. The molecule has 1 aromatic rings. The third-order valence-electron chi connectivity index (χ3n) is 5.14. The number of aromatic nitrogens is 2. The van der Waals surface area contributed by atoms with E-state index < -0.39 is 5.97 Å². The molecule has 1 saturated heterocycles. The summed E-state index contributed by atoms with van der Waals surface area (Å²) in [5.41, 5.74) is 0.857. The van der Waals surface area contributed by atoms with Crippen LogP contribution in [-0.2, 0) is 18.4 Å². The third kappa shape index (κ3) is 3.77. The lowest BCUT2D eigenvalue weighted by Crippen LogP contribution is -2.50. The fourth-order valence-corrected chi connectivity index (χ4v) is 3.81. The van der Waals surface area contributed by atoms with Crippen molar-refractivity contribution in [1.82, 2.24) is 19.6 Å². The molecule has 132 valence electrons. The van der Waals surface area contributed by atoms with Gasteiger partial charge in [0.15, 0.2) is 5.69 Å². The van der Waals surface area contributed by atoms with Gasteiger partial charge in [-0.2, -0.15) is 5.10 Å². The zero-order valence-electron chi connectivity index (χ0n) is 14.3. The highest BCUT2D eigenvalue weighted by atomic mass is 16.4. The smallest absolute Gasteiger partial charge is 0.356 e. The maximum Gasteiger partial charge on any atom is 0.356 e. The second-order valence-corrected chi connectivity index (χ2v) is 6.92. The van der Waals surface area contributed by atoms with Crippen molar-refractivity contribution in [3.8, 4) is 0 Å². The van der Waals surface area contributed by atoms with Gasteiger partial charge in [-0.25, -0.2) is 4.79 Å². The van der Waals surface area contributed by atoms with Crippen LogP contribution in [0.5, 0.6) is 0 Å². The molecule has 2 heterocycles. The molecule has 0 radical (unpaired) electrons. The Balaban J connectivity index is 1.53. The minimum atomic E-state index is -0.989. The molecule has 2 fully saturated rings. The molecular formula is C17H26N4O3. The Hall–Kier alpha value is -1.89. The first kappa shape index (κ1) is 17.0. The first-order valence-electron chi connectivity index (χ1n) is 8.81. The molecule has 1 N–H and O–H groups in total. The lowest BCUT2D eigenvalue weighted by atomic mass is 9.88. The van der Waals surface area contributed by atoms with E-state index in [1.807, 2.05) is 4.90 Å². The molecule has 3 rings (SSSR count). The molecule has 0 aromatic carbocycles. The first-order valence-corrected chi connectivity index (χ1v) is 8.81. The molecule has 1 amide bonds. The van der Waals surface area contributed by atoms with Gasteiger partial charge in [-0.15, -0.1) is 0 Å². The number of carbonyl (C=O) groups excluding carboxylic acids is 1. The Labute approximate surface area is 142 Å². The van der Waals surface area contributed by atoms with Crippen molar-refractivity contribution >= 4 is 11.9 Å². The number of hydrogen-bond acceptors (Lipinski definition) is 4. The van der Waals surface area contributed by atoms with Crippen LogP contribution in [0.15, 0.2) is 6.20 Å².